The highest BCUT2D eigenvalue weighted by atomic mass is 19.1. The van der Waals surface area contributed by atoms with Crippen LogP contribution < -0.4 is 5.73 Å². The summed E-state index contributed by atoms with van der Waals surface area (Å²) in [7, 11) is 0. The van der Waals surface area contributed by atoms with Crippen molar-refractivity contribution in [3.63, 3.8) is 0 Å². The molecule has 128 valence electrons. The van der Waals surface area contributed by atoms with Gasteiger partial charge in [-0.15, -0.1) is 0 Å². The van der Waals surface area contributed by atoms with Crippen LogP contribution >= 0.6 is 0 Å². The highest BCUT2D eigenvalue weighted by Gasteiger charge is 2.40. The van der Waals surface area contributed by atoms with Gasteiger partial charge in [0.2, 0.25) is 0 Å². The lowest BCUT2D eigenvalue weighted by molar-refractivity contribution is -0.133. The minimum atomic E-state index is -0.522. The van der Waals surface area contributed by atoms with Crippen LogP contribution in [0.2, 0.25) is 0 Å². The standard InChI is InChI=1S/C18H17FN4O2/c19-12-5-3-11(4-6-12)10-22-8-9-23-15(18(22)25)16(24)14-13(17(23)20)2-1-7-21-14/h1-7,17,24H,8-10,20H2. The molecule has 7 heteroatoms. The van der Waals surface area contributed by atoms with Crippen molar-refractivity contribution in [3.8, 4) is 0 Å². The van der Waals surface area contributed by atoms with E-state index in [1.165, 1.54) is 12.1 Å². The summed E-state index contributed by atoms with van der Waals surface area (Å²) in [5, 5.41) is 10.6. The van der Waals surface area contributed by atoms with E-state index in [0.29, 0.717) is 30.9 Å². The van der Waals surface area contributed by atoms with Crippen LogP contribution in [-0.2, 0) is 11.3 Å². The number of piperazine rings is 1. The fourth-order valence-corrected chi connectivity index (χ4v) is 3.33. The molecular formula is C18H17FN4O2. The highest BCUT2D eigenvalue weighted by molar-refractivity contribution is 6.00. The minimum Gasteiger partial charge on any atom is -0.504 e. The molecule has 3 N–H and O–H groups in total. The zero-order valence-electron chi connectivity index (χ0n) is 13.4. The molecular weight excluding hydrogens is 323 g/mol. The second-order valence-corrected chi connectivity index (χ2v) is 6.13. The van der Waals surface area contributed by atoms with Crippen LogP contribution in [0.4, 0.5) is 4.39 Å². The number of aromatic nitrogens is 1. The number of amides is 1. The Morgan fingerprint density at radius 3 is 2.76 bits per heavy atom. The molecule has 0 radical (unpaired) electrons. The van der Waals surface area contributed by atoms with Gasteiger partial charge in [0, 0.05) is 31.4 Å². The molecule has 1 amide bonds. The maximum atomic E-state index is 13.0. The number of aliphatic hydroxyl groups is 1. The second kappa shape index (κ2) is 5.86. The van der Waals surface area contributed by atoms with E-state index in [9.17, 15) is 14.3 Å². The molecule has 0 aliphatic carbocycles. The molecule has 0 bridgehead atoms. The van der Waals surface area contributed by atoms with Gasteiger partial charge in [-0.1, -0.05) is 18.2 Å². The van der Waals surface area contributed by atoms with Crippen LogP contribution in [0.25, 0.3) is 5.76 Å². The Balaban J connectivity index is 1.68. The molecule has 0 saturated carbocycles. The fraction of sp³-hybridized carbons (Fsp3) is 0.222. The number of fused-ring (bicyclic) bond motifs is 2. The molecule has 25 heavy (non-hydrogen) atoms. The van der Waals surface area contributed by atoms with Gasteiger partial charge in [0.25, 0.3) is 5.91 Å². The summed E-state index contributed by atoms with van der Waals surface area (Å²) in [6, 6.07) is 9.57. The first-order chi connectivity index (χ1) is 12.1. The monoisotopic (exact) mass is 340 g/mol. The van der Waals surface area contributed by atoms with Crippen LogP contribution in [0.15, 0.2) is 48.3 Å². The van der Waals surface area contributed by atoms with Crippen LogP contribution in [0.1, 0.15) is 23.0 Å². The van der Waals surface area contributed by atoms with Gasteiger partial charge in [0.15, 0.2) is 5.76 Å². The molecule has 1 fully saturated rings. The third kappa shape index (κ3) is 2.53. The van der Waals surface area contributed by atoms with Crippen molar-refractivity contribution in [2.24, 2.45) is 5.73 Å². The zero-order valence-corrected chi connectivity index (χ0v) is 13.4. The SMILES string of the molecule is NC1c2cccnc2C(O)=C2C(=O)N(Cc3ccc(F)cc3)CCN21. The number of rotatable bonds is 2. The molecule has 2 aliphatic rings. The highest BCUT2D eigenvalue weighted by Crippen LogP contribution is 2.36. The van der Waals surface area contributed by atoms with Crippen LogP contribution in [0, 0.1) is 5.82 Å². The summed E-state index contributed by atoms with van der Waals surface area (Å²) in [4.78, 5) is 20.4. The van der Waals surface area contributed by atoms with Gasteiger partial charge in [-0.2, -0.15) is 0 Å². The predicted octanol–water partition coefficient (Wildman–Crippen LogP) is 1.76. The van der Waals surface area contributed by atoms with Gasteiger partial charge >= 0.3 is 0 Å². The maximum absolute atomic E-state index is 13.0. The smallest absolute Gasteiger partial charge is 0.274 e. The van der Waals surface area contributed by atoms with Crippen LogP contribution in [0.3, 0.4) is 0 Å². The Hall–Kier alpha value is -2.93. The third-order valence-corrected chi connectivity index (χ3v) is 4.62. The second-order valence-electron chi connectivity index (χ2n) is 6.13. The van der Waals surface area contributed by atoms with Crippen molar-refractivity contribution in [3.05, 3.63) is 70.9 Å². The van der Waals surface area contributed by atoms with Gasteiger partial charge in [-0.3, -0.25) is 9.78 Å². The van der Waals surface area contributed by atoms with E-state index in [-0.39, 0.29) is 23.2 Å². The van der Waals surface area contributed by atoms with Crippen molar-refractivity contribution in [1.82, 2.24) is 14.8 Å². The summed E-state index contributed by atoms with van der Waals surface area (Å²) < 4.78 is 13.0. The molecule has 0 spiro atoms. The Bertz CT molecular complexity index is 866. The number of halogens is 1. The topological polar surface area (TPSA) is 82.7 Å². The summed E-state index contributed by atoms with van der Waals surface area (Å²) in [6.45, 7) is 1.31. The lowest BCUT2D eigenvalue weighted by Gasteiger charge is -2.43. The average molecular weight is 340 g/mol. The van der Waals surface area contributed by atoms with Gasteiger partial charge in [-0.25, -0.2) is 4.39 Å². The molecule has 3 heterocycles. The number of carbonyl (C=O) groups excluding carboxylic acids is 1. The van der Waals surface area contributed by atoms with E-state index in [2.05, 4.69) is 4.98 Å². The Morgan fingerprint density at radius 2 is 2.00 bits per heavy atom. The largest absolute Gasteiger partial charge is 0.504 e. The van der Waals surface area contributed by atoms with Crippen LogP contribution in [-0.4, -0.2) is 38.9 Å². The molecule has 4 rings (SSSR count). The third-order valence-electron chi connectivity index (χ3n) is 4.62. The first-order valence-corrected chi connectivity index (χ1v) is 8.00. The number of hydrogen-bond donors (Lipinski definition) is 2. The molecule has 1 aromatic heterocycles. The van der Waals surface area contributed by atoms with E-state index in [4.69, 9.17) is 5.73 Å². The van der Waals surface area contributed by atoms with E-state index >= 15 is 0 Å². The van der Waals surface area contributed by atoms with E-state index in [1.807, 2.05) is 0 Å². The first kappa shape index (κ1) is 15.6. The lowest BCUT2D eigenvalue weighted by Crippen LogP contribution is -2.52. The van der Waals surface area contributed by atoms with Crippen molar-refractivity contribution < 1.29 is 14.3 Å². The Labute approximate surface area is 144 Å². The zero-order chi connectivity index (χ0) is 17.6. The van der Waals surface area contributed by atoms with Crippen molar-refractivity contribution in [1.29, 1.82) is 0 Å². The van der Waals surface area contributed by atoms with Crippen molar-refractivity contribution >= 4 is 11.7 Å². The summed E-state index contributed by atoms with van der Waals surface area (Å²) >= 11 is 0. The fourth-order valence-electron chi connectivity index (χ4n) is 3.33. The minimum absolute atomic E-state index is 0.147. The molecule has 2 aromatic rings. The Kier molecular flexibility index (Phi) is 3.65. The number of pyridine rings is 1. The summed E-state index contributed by atoms with van der Waals surface area (Å²) in [6.07, 6.45) is 1.04. The number of nitrogens with two attached hydrogens (primary N) is 1. The normalized spacial score (nSPS) is 19.8. The molecule has 1 unspecified atom stereocenters. The quantitative estimate of drug-likeness (QED) is 0.870. The first-order valence-electron chi connectivity index (χ1n) is 8.00. The van der Waals surface area contributed by atoms with Gasteiger partial charge < -0.3 is 20.6 Å². The maximum Gasteiger partial charge on any atom is 0.274 e. The van der Waals surface area contributed by atoms with E-state index in [0.717, 1.165) is 5.56 Å². The Morgan fingerprint density at radius 1 is 1.24 bits per heavy atom. The lowest BCUT2D eigenvalue weighted by atomic mass is 9.99. The van der Waals surface area contributed by atoms with Gasteiger partial charge in [0.1, 0.15) is 23.4 Å². The summed E-state index contributed by atoms with van der Waals surface area (Å²) in [5.74, 6) is -0.771. The van der Waals surface area contributed by atoms with Gasteiger partial charge in [-0.05, 0) is 23.8 Å². The summed E-state index contributed by atoms with van der Waals surface area (Å²) in [5.41, 5.74) is 8.31. The van der Waals surface area contributed by atoms with E-state index in [1.54, 1.807) is 40.3 Å². The molecule has 2 aliphatic heterocycles. The number of nitrogens with zero attached hydrogens (tertiary/aromatic N) is 3. The van der Waals surface area contributed by atoms with Crippen molar-refractivity contribution in [2.45, 2.75) is 12.7 Å². The average Bonchev–Trinajstić information content (AvgIpc) is 2.63. The molecule has 1 atom stereocenters. The number of benzene rings is 1. The molecule has 6 nitrogen and oxygen atoms in total. The van der Waals surface area contributed by atoms with E-state index < -0.39 is 6.17 Å². The van der Waals surface area contributed by atoms with Crippen molar-refractivity contribution in [2.75, 3.05) is 13.1 Å². The molecule has 1 aromatic carbocycles. The number of carbonyl (C=O) groups is 1. The molecule has 1 saturated heterocycles. The predicted molar refractivity (Wildman–Crippen MR) is 89.2 cm³/mol. The van der Waals surface area contributed by atoms with Gasteiger partial charge in [0.05, 0.1) is 0 Å². The van der Waals surface area contributed by atoms with Crippen LogP contribution in [0.5, 0.6) is 0 Å². The number of hydrogen-bond acceptors (Lipinski definition) is 5. The number of aliphatic hydroxyl groups excluding tert-OH is 1.